The smallest absolute Gasteiger partial charge is 0.258 e. The first-order chi connectivity index (χ1) is 15.9. The van der Waals surface area contributed by atoms with Gasteiger partial charge in [-0.15, -0.1) is 0 Å². The van der Waals surface area contributed by atoms with Crippen LogP contribution in [-0.2, 0) is 13.0 Å². The van der Waals surface area contributed by atoms with Crippen LogP contribution in [-0.4, -0.2) is 55.9 Å². The lowest BCUT2D eigenvalue weighted by atomic mass is 10.0. The summed E-state index contributed by atoms with van der Waals surface area (Å²) >= 11 is 0. The normalized spacial score (nSPS) is 21.4. The molecule has 9 heteroatoms. The highest BCUT2D eigenvalue weighted by molar-refractivity contribution is 6.10. The summed E-state index contributed by atoms with van der Waals surface area (Å²) in [5, 5.41) is 4.17. The van der Waals surface area contributed by atoms with Crippen LogP contribution in [0.4, 0.5) is 11.6 Å². The van der Waals surface area contributed by atoms with Crippen molar-refractivity contribution in [3.05, 3.63) is 35.2 Å². The molecule has 0 radical (unpaired) electrons. The highest BCUT2D eigenvalue weighted by Crippen LogP contribution is 2.40. The second-order valence-corrected chi connectivity index (χ2v) is 10.1. The van der Waals surface area contributed by atoms with E-state index in [1.165, 1.54) is 18.3 Å². The van der Waals surface area contributed by atoms with Crippen molar-refractivity contribution in [1.29, 1.82) is 0 Å². The second-order valence-electron chi connectivity index (χ2n) is 10.1. The van der Waals surface area contributed by atoms with Crippen molar-refractivity contribution in [3.63, 3.8) is 0 Å². The van der Waals surface area contributed by atoms with Gasteiger partial charge in [-0.2, -0.15) is 0 Å². The predicted octanol–water partition coefficient (Wildman–Crippen LogP) is 3.33. The van der Waals surface area contributed by atoms with E-state index >= 15 is 0 Å². The molecule has 9 nitrogen and oxygen atoms in total. The summed E-state index contributed by atoms with van der Waals surface area (Å²) in [6.07, 6.45) is 7.22. The first-order valence-corrected chi connectivity index (χ1v) is 11.8. The van der Waals surface area contributed by atoms with Gasteiger partial charge in [0.25, 0.3) is 5.91 Å². The zero-order chi connectivity index (χ0) is 22.7. The van der Waals surface area contributed by atoms with Gasteiger partial charge in [0.1, 0.15) is 30.1 Å². The minimum absolute atomic E-state index is 0.0250. The molecule has 3 aromatic rings. The molecule has 172 valence electrons. The zero-order valence-corrected chi connectivity index (χ0v) is 19.4. The number of hydrogen-bond donors (Lipinski definition) is 1. The van der Waals surface area contributed by atoms with Gasteiger partial charge in [-0.25, -0.2) is 19.9 Å². The quantitative estimate of drug-likeness (QED) is 0.650. The SMILES string of the molecule is Cc1oc2ncnc(NC3(C)CC3)c2c1C(=O)N1CCc2c(ncnc2N2CC[C@@H](C)C2)C1. The van der Waals surface area contributed by atoms with E-state index in [0.29, 0.717) is 47.2 Å². The van der Waals surface area contributed by atoms with Gasteiger partial charge in [-0.3, -0.25) is 4.79 Å². The molecule has 1 saturated carbocycles. The fourth-order valence-corrected chi connectivity index (χ4v) is 5.06. The van der Waals surface area contributed by atoms with Crippen molar-refractivity contribution < 1.29 is 9.21 Å². The maximum atomic E-state index is 13.8. The summed E-state index contributed by atoms with van der Waals surface area (Å²) in [6.45, 7) is 9.41. The molecule has 1 saturated heterocycles. The number of furan rings is 1. The van der Waals surface area contributed by atoms with Gasteiger partial charge in [0, 0.05) is 30.7 Å². The number of aromatic nitrogens is 4. The molecular formula is C24H29N7O2. The van der Waals surface area contributed by atoms with Gasteiger partial charge < -0.3 is 19.5 Å². The lowest BCUT2D eigenvalue weighted by Gasteiger charge is -2.31. The molecule has 0 aromatic carbocycles. The number of nitrogens with zero attached hydrogens (tertiary/aromatic N) is 6. The Balaban J connectivity index is 1.32. The number of aryl methyl sites for hydroxylation is 1. The lowest BCUT2D eigenvalue weighted by Crippen LogP contribution is -2.38. The molecule has 3 aliphatic rings. The Kier molecular flexibility index (Phi) is 4.57. The average Bonchev–Trinajstić information content (AvgIpc) is 3.21. The summed E-state index contributed by atoms with van der Waals surface area (Å²) in [5.41, 5.74) is 3.13. The van der Waals surface area contributed by atoms with Crippen LogP contribution in [0.5, 0.6) is 0 Å². The van der Waals surface area contributed by atoms with E-state index < -0.39 is 0 Å². The van der Waals surface area contributed by atoms with E-state index in [4.69, 9.17) is 4.42 Å². The van der Waals surface area contributed by atoms with Gasteiger partial charge in [-0.05, 0) is 45.4 Å². The maximum Gasteiger partial charge on any atom is 0.258 e. The van der Waals surface area contributed by atoms with E-state index in [2.05, 4.69) is 44.0 Å². The van der Waals surface area contributed by atoms with Crippen LogP contribution in [0, 0.1) is 12.8 Å². The van der Waals surface area contributed by atoms with Crippen LogP contribution >= 0.6 is 0 Å². The van der Waals surface area contributed by atoms with E-state index in [1.807, 2.05) is 11.8 Å². The molecule has 0 unspecified atom stereocenters. The standard InChI is InChI=1S/C24H29N7O2/c1-14-4-8-30(10-14)21-16-5-9-31(11-17(16)25-12-27-21)23(32)18-15(2)33-22-19(18)20(26-13-28-22)29-24(3)6-7-24/h12-14H,4-11H2,1-3H3,(H,26,28,29)/t14-/m1/s1. The van der Waals surface area contributed by atoms with Crippen LogP contribution in [0.2, 0.25) is 0 Å². The van der Waals surface area contributed by atoms with Crippen LogP contribution in [0.1, 0.15) is 60.5 Å². The van der Waals surface area contributed by atoms with E-state index in [1.54, 1.807) is 6.33 Å². The van der Waals surface area contributed by atoms with Gasteiger partial charge in [0.2, 0.25) is 5.71 Å². The van der Waals surface area contributed by atoms with Gasteiger partial charge >= 0.3 is 0 Å². The second kappa shape index (κ2) is 7.40. The number of carbonyl (C=O) groups is 1. The molecule has 5 heterocycles. The summed E-state index contributed by atoms with van der Waals surface area (Å²) < 4.78 is 5.88. The zero-order valence-electron chi connectivity index (χ0n) is 19.4. The highest BCUT2D eigenvalue weighted by atomic mass is 16.3. The number of anilines is 2. The van der Waals surface area contributed by atoms with Crippen molar-refractivity contribution in [2.24, 2.45) is 5.92 Å². The molecular weight excluding hydrogens is 418 g/mol. The molecule has 6 rings (SSSR count). The Labute approximate surface area is 192 Å². The molecule has 3 aromatic heterocycles. The highest BCUT2D eigenvalue weighted by Gasteiger charge is 2.39. The Morgan fingerprint density at radius 3 is 2.76 bits per heavy atom. The molecule has 0 bridgehead atoms. The van der Waals surface area contributed by atoms with Crippen molar-refractivity contribution in [3.8, 4) is 0 Å². The summed E-state index contributed by atoms with van der Waals surface area (Å²) in [4.78, 5) is 35.9. The Morgan fingerprint density at radius 2 is 2.00 bits per heavy atom. The summed E-state index contributed by atoms with van der Waals surface area (Å²) in [7, 11) is 0. The molecule has 1 aliphatic carbocycles. The number of carbonyl (C=O) groups excluding carboxylic acids is 1. The third-order valence-electron chi connectivity index (χ3n) is 7.29. The number of rotatable bonds is 4. The third-order valence-corrected chi connectivity index (χ3v) is 7.29. The average molecular weight is 448 g/mol. The van der Waals surface area contributed by atoms with Crippen molar-refractivity contribution >= 4 is 28.6 Å². The van der Waals surface area contributed by atoms with Crippen LogP contribution in [0.25, 0.3) is 11.1 Å². The Bertz CT molecular complexity index is 1250. The number of hydrogen-bond acceptors (Lipinski definition) is 8. The van der Waals surface area contributed by atoms with Crippen LogP contribution in [0.3, 0.4) is 0 Å². The molecule has 1 N–H and O–H groups in total. The lowest BCUT2D eigenvalue weighted by molar-refractivity contribution is 0.0731. The molecule has 0 spiro atoms. The molecule has 2 aliphatic heterocycles. The Hall–Kier alpha value is -3.23. The van der Waals surface area contributed by atoms with Crippen molar-refractivity contribution in [2.45, 2.75) is 58.5 Å². The summed E-state index contributed by atoms with van der Waals surface area (Å²) in [6, 6.07) is 0. The van der Waals surface area contributed by atoms with Gasteiger partial charge in [0.15, 0.2) is 0 Å². The van der Waals surface area contributed by atoms with Crippen LogP contribution < -0.4 is 10.2 Å². The first-order valence-electron chi connectivity index (χ1n) is 11.8. The minimum atomic E-state index is -0.0642. The fraction of sp³-hybridized carbons (Fsp3) is 0.542. The maximum absolute atomic E-state index is 13.8. The third kappa shape index (κ3) is 3.50. The molecule has 2 fully saturated rings. The number of amides is 1. The number of nitrogens with one attached hydrogen (secondary N) is 1. The minimum Gasteiger partial charge on any atom is -0.442 e. The topological polar surface area (TPSA) is 100 Å². The largest absolute Gasteiger partial charge is 0.442 e. The number of fused-ring (bicyclic) bond motifs is 2. The fourth-order valence-electron chi connectivity index (χ4n) is 5.06. The van der Waals surface area contributed by atoms with Crippen LogP contribution in [0.15, 0.2) is 17.1 Å². The van der Waals surface area contributed by atoms with Gasteiger partial charge in [-0.1, -0.05) is 6.92 Å². The molecule has 33 heavy (non-hydrogen) atoms. The van der Waals surface area contributed by atoms with Gasteiger partial charge in [0.05, 0.1) is 23.2 Å². The Morgan fingerprint density at radius 1 is 1.18 bits per heavy atom. The predicted molar refractivity (Wildman–Crippen MR) is 124 cm³/mol. The van der Waals surface area contributed by atoms with E-state index in [9.17, 15) is 4.79 Å². The summed E-state index contributed by atoms with van der Waals surface area (Å²) in [5.74, 6) is 2.90. The molecule has 1 atom stereocenters. The first kappa shape index (κ1) is 20.4. The van der Waals surface area contributed by atoms with E-state index in [0.717, 1.165) is 43.9 Å². The van der Waals surface area contributed by atoms with Crippen molar-refractivity contribution in [2.75, 3.05) is 29.9 Å². The van der Waals surface area contributed by atoms with E-state index in [-0.39, 0.29) is 11.4 Å². The van der Waals surface area contributed by atoms with Crippen molar-refractivity contribution in [1.82, 2.24) is 24.8 Å². The monoisotopic (exact) mass is 447 g/mol. The molecule has 1 amide bonds.